The fourth-order valence-corrected chi connectivity index (χ4v) is 4.90. The Morgan fingerprint density at radius 2 is 1.89 bits per heavy atom. The van der Waals surface area contributed by atoms with Crippen LogP contribution in [0, 0.1) is 10.1 Å². The van der Waals surface area contributed by atoms with Gasteiger partial charge >= 0.3 is 0 Å². The summed E-state index contributed by atoms with van der Waals surface area (Å²) in [6.45, 7) is 2.81. The minimum Gasteiger partial charge on any atom is -0.379 e. The Bertz CT molecular complexity index is 977. The number of benzene rings is 2. The molecule has 1 saturated heterocycles. The maximum absolute atomic E-state index is 13.1. The van der Waals surface area contributed by atoms with E-state index in [0.29, 0.717) is 5.02 Å². The van der Waals surface area contributed by atoms with Crippen LogP contribution in [0.5, 0.6) is 0 Å². The number of nitro groups is 1. The Kier molecular flexibility index (Phi) is 6.19. The number of halogens is 1. The van der Waals surface area contributed by atoms with Gasteiger partial charge in [0.25, 0.3) is 5.69 Å². The Morgan fingerprint density at radius 1 is 1.21 bits per heavy atom. The predicted molar refractivity (Wildman–Crippen MR) is 106 cm³/mol. The number of nitrogens with one attached hydrogen (secondary N) is 1. The lowest BCUT2D eigenvalue weighted by Gasteiger charge is -2.27. The zero-order chi connectivity index (χ0) is 20.3. The second kappa shape index (κ2) is 8.44. The van der Waals surface area contributed by atoms with Crippen LogP contribution in [0.25, 0.3) is 0 Å². The van der Waals surface area contributed by atoms with Crippen LogP contribution in [-0.2, 0) is 14.8 Å². The lowest BCUT2D eigenvalue weighted by molar-refractivity contribution is -0.385. The van der Waals surface area contributed by atoms with Crippen LogP contribution in [-0.4, -0.2) is 43.9 Å². The van der Waals surface area contributed by atoms with Gasteiger partial charge in [0.1, 0.15) is 4.90 Å². The largest absolute Gasteiger partial charge is 0.379 e. The van der Waals surface area contributed by atoms with Crippen molar-refractivity contribution in [2.45, 2.75) is 17.9 Å². The van der Waals surface area contributed by atoms with Crippen LogP contribution >= 0.6 is 11.6 Å². The molecule has 3 rings (SSSR count). The van der Waals surface area contributed by atoms with E-state index in [-0.39, 0.29) is 48.6 Å². The number of anilines is 1. The summed E-state index contributed by atoms with van der Waals surface area (Å²) >= 11 is 6.23. The highest BCUT2D eigenvalue weighted by atomic mass is 35.5. The topological polar surface area (TPSA) is 102 Å². The van der Waals surface area contributed by atoms with Crippen molar-refractivity contribution in [1.29, 1.82) is 0 Å². The van der Waals surface area contributed by atoms with Gasteiger partial charge < -0.3 is 10.1 Å². The molecule has 0 spiro atoms. The average molecular weight is 426 g/mol. The van der Waals surface area contributed by atoms with E-state index in [1.165, 1.54) is 16.4 Å². The lowest BCUT2D eigenvalue weighted by Crippen LogP contribution is -2.40. The maximum Gasteiger partial charge on any atom is 0.270 e. The van der Waals surface area contributed by atoms with Gasteiger partial charge in [0.2, 0.25) is 10.0 Å². The molecule has 150 valence electrons. The number of non-ortho nitro benzene ring substituents is 1. The molecule has 28 heavy (non-hydrogen) atoms. The molecule has 0 bridgehead atoms. The van der Waals surface area contributed by atoms with Crippen LogP contribution in [0.15, 0.2) is 47.4 Å². The molecular formula is C18H20ClN3O5S. The number of nitrogens with zero attached hydrogens (tertiary/aromatic N) is 2. The molecule has 2 aromatic carbocycles. The number of rotatable bonds is 6. The van der Waals surface area contributed by atoms with Crippen molar-refractivity contribution in [2.24, 2.45) is 0 Å². The van der Waals surface area contributed by atoms with Crippen molar-refractivity contribution in [1.82, 2.24) is 4.31 Å². The number of morpholine rings is 1. The van der Waals surface area contributed by atoms with Crippen molar-refractivity contribution in [3.63, 3.8) is 0 Å². The van der Waals surface area contributed by atoms with E-state index in [9.17, 15) is 18.5 Å². The Morgan fingerprint density at radius 3 is 2.54 bits per heavy atom. The summed E-state index contributed by atoms with van der Waals surface area (Å²) in [5.74, 6) is 0. The first-order valence-electron chi connectivity index (χ1n) is 8.68. The molecule has 0 amide bonds. The molecule has 1 atom stereocenters. The molecule has 0 unspecified atom stereocenters. The van der Waals surface area contributed by atoms with E-state index in [2.05, 4.69) is 5.32 Å². The lowest BCUT2D eigenvalue weighted by atomic mass is 10.1. The zero-order valence-electron chi connectivity index (χ0n) is 15.2. The van der Waals surface area contributed by atoms with Crippen molar-refractivity contribution in [3.8, 4) is 0 Å². The molecule has 1 N–H and O–H groups in total. The van der Waals surface area contributed by atoms with E-state index >= 15 is 0 Å². The highest BCUT2D eigenvalue weighted by Gasteiger charge is 2.30. The summed E-state index contributed by atoms with van der Waals surface area (Å²) < 4.78 is 32.8. The first-order valence-corrected chi connectivity index (χ1v) is 10.5. The Hall–Kier alpha value is -2.20. The molecule has 2 aromatic rings. The predicted octanol–water partition coefficient (Wildman–Crippen LogP) is 3.44. The van der Waals surface area contributed by atoms with Gasteiger partial charge in [-0.2, -0.15) is 4.31 Å². The molecule has 1 fully saturated rings. The van der Waals surface area contributed by atoms with Gasteiger partial charge in [0.05, 0.1) is 29.9 Å². The van der Waals surface area contributed by atoms with Crippen molar-refractivity contribution >= 4 is 33.0 Å². The number of sulfonamides is 1. The third-order valence-corrected chi connectivity index (χ3v) is 6.79. The van der Waals surface area contributed by atoms with Crippen molar-refractivity contribution in [3.05, 3.63) is 63.2 Å². The second-order valence-electron chi connectivity index (χ2n) is 6.34. The van der Waals surface area contributed by atoms with Gasteiger partial charge in [0, 0.05) is 30.2 Å². The van der Waals surface area contributed by atoms with Crippen LogP contribution in [0.3, 0.4) is 0 Å². The third kappa shape index (κ3) is 4.27. The highest BCUT2D eigenvalue weighted by Crippen LogP contribution is 2.33. The fraction of sp³-hybridized carbons (Fsp3) is 0.333. The summed E-state index contributed by atoms with van der Waals surface area (Å²) in [7, 11) is -3.93. The van der Waals surface area contributed by atoms with Crippen LogP contribution in [0.4, 0.5) is 11.4 Å². The van der Waals surface area contributed by atoms with Gasteiger partial charge in [-0.3, -0.25) is 10.1 Å². The van der Waals surface area contributed by atoms with E-state index < -0.39 is 14.9 Å². The minimum absolute atomic E-state index is 0.137. The van der Waals surface area contributed by atoms with Crippen LogP contribution in [0.1, 0.15) is 18.5 Å². The van der Waals surface area contributed by atoms with E-state index in [1.54, 1.807) is 12.1 Å². The van der Waals surface area contributed by atoms with E-state index in [1.807, 2.05) is 19.1 Å². The number of hydrogen-bond acceptors (Lipinski definition) is 6. The third-order valence-electron chi connectivity index (χ3n) is 4.51. The van der Waals surface area contributed by atoms with Crippen LogP contribution in [0.2, 0.25) is 5.02 Å². The molecular weight excluding hydrogens is 406 g/mol. The zero-order valence-corrected chi connectivity index (χ0v) is 16.7. The van der Waals surface area contributed by atoms with Gasteiger partial charge in [-0.05, 0) is 24.6 Å². The summed E-state index contributed by atoms with van der Waals surface area (Å²) in [4.78, 5) is 10.4. The minimum atomic E-state index is -3.93. The van der Waals surface area contributed by atoms with Gasteiger partial charge in [0.15, 0.2) is 0 Å². The first kappa shape index (κ1) is 20.5. The molecule has 1 heterocycles. The average Bonchev–Trinajstić information content (AvgIpc) is 2.69. The molecule has 1 aliphatic heterocycles. The van der Waals surface area contributed by atoms with E-state index in [4.69, 9.17) is 16.3 Å². The van der Waals surface area contributed by atoms with E-state index in [0.717, 1.165) is 11.6 Å². The summed E-state index contributed by atoms with van der Waals surface area (Å²) in [5.41, 5.74) is 0.782. The van der Waals surface area contributed by atoms with Crippen molar-refractivity contribution < 1.29 is 18.1 Å². The molecule has 10 heteroatoms. The summed E-state index contributed by atoms with van der Waals surface area (Å²) in [6, 6.07) is 10.7. The molecule has 8 nitrogen and oxygen atoms in total. The monoisotopic (exact) mass is 425 g/mol. The second-order valence-corrected chi connectivity index (χ2v) is 8.66. The smallest absolute Gasteiger partial charge is 0.270 e. The Balaban J connectivity index is 2.01. The summed E-state index contributed by atoms with van der Waals surface area (Å²) in [5, 5.41) is 14.9. The standard InChI is InChI=1S/C18H20ClN3O5S/c1-13(15-4-2-3-5-16(15)19)20-17-7-6-14(22(23)24)12-18(17)28(25,26)21-8-10-27-11-9-21/h2-7,12-13,20H,8-11H2,1H3/t13-/m1/s1. The summed E-state index contributed by atoms with van der Waals surface area (Å²) in [6.07, 6.45) is 0. The van der Waals surface area contributed by atoms with Gasteiger partial charge in [-0.1, -0.05) is 29.8 Å². The van der Waals surface area contributed by atoms with Crippen LogP contribution < -0.4 is 5.32 Å². The molecule has 1 aliphatic rings. The number of nitro benzene ring substituents is 1. The Labute approximate surface area is 168 Å². The SMILES string of the molecule is C[C@@H](Nc1ccc([N+](=O)[O-])cc1S(=O)(=O)N1CCOCC1)c1ccccc1Cl. The van der Waals surface area contributed by atoms with Gasteiger partial charge in [-0.15, -0.1) is 0 Å². The molecule has 0 aliphatic carbocycles. The van der Waals surface area contributed by atoms with Gasteiger partial charge in [-0.25, -0.2) is 8.42 Å². The molecule has 0 aromatic heterocycles. The molecule has 0 radical (unpaired) electrons. The number of ether oxygens (including phenoxy) is 1. The number of hydrogen-bond donors (Lipinski definition) is 1. The highest BCUT2D eigenvalue weighted by molar-refractivity contribution is 7.89. The first-order chi connectivity index (χ1) is 13.3. The maximum atomic E-state index is 13.1. The quantitative estimate of drug-likeness (QED) is 0.561. The normalized spacial score (nSPS) is 16.5. The van der Waals surface area contributed by atoms with Crippen molar-refractivity contribution in [2.75, 3.05) is 31.6 Å². The fourth-order valence-electron chi connectivity index (χ4n) is 3.02. The molecule has 0 saturated carbocycles.